The Labute approximate surface area is 198 Å². The molecule has 5 aliphatic carbocycles. The van der Waals surface area contributed by atoms with Crippen LogP contribution in [0.25, 0.3) is 0 Å². The fraction of sp³-hybridized carbons (Fsp3) is 0.750. The van der Waals surface area contributed by atoms with Gasteiger partial charge in [0.1, 0.15) is 5.75 Å². The van der Waals surface area contributed by atoms with Crippen molar-refractivity contribution in [3.8, 4) is 11.9 Å². The minimum Gasteiger partial charge on any atom is -0.496 e. The van der Waals surface area contributed by atoms with E-state index < -0.39 is 5.60 Å². The van der Waals surface area contributed by atoms with Gasteiger partial charge in [0.15, 0.2) is 6.19 Å². The molecule has 1 aliphatic heterocycles. The maximum Gasteiger partial charge on any atom is 0.180 e. The number of hydrogen-bond donors (Lipinski definition) is 1. The van der Waals surface area contributed by atoms with E-state index in [1.54, 1.807) is 7.11 Å². The average Bonchev–Trinajstić information content (AvgIpc) is 3.32. The van der Waals surface area contributed by atoms with Crippen molar-refractivity contribution in [1.29, 1.82) is 5.26 Å². The molecule has 1 aromatic rings. The van der Waals surface area contributed by atoms with Crippen molar-refractivity contribution in [1.82, 2.24) is 4.90 Å². The van der Waals surface area contributed by atoms with Gasteiger partial charge in [0.2, 0.25) is 0 Å². The molecule has 178 valence electrons. The van der Waals surface area contributed by atoms with Crippen LogP contribution in [0, 0.1) is 35.6 Å². The van der Waals surface area contributed by atoms with E-state index >= 15 is 0 Å². The van der Waals surface area contributed by atoms with E-state index in [0.717, 1.165) is 50.7 Å². The quantitative estimate of drug-likeness (QED) is 0.529. The Balaban J connectivity index is 1.57. The van der Waals surface area contributed by atoms with Gasteiger partial charge in [-0.2, -0.15) is 5.26 Å². The van der Waals surface area contributed by atoms with Gasteiger partial charge in [-0.05, 0) is 87.5 Å². The number of benzene rings is 1. The third-order valence-electron chi connectivity index (χ3n) is 10.8. The van der Waals surface area contributed by atoms with Gasteiger partial charge in [0.05, 0.1) is 29.9 Å². The third-order valence-corrected chi connectivity index (χ3v) is 10.8. The Morgan fingerprint density at radius 3 is 2.67 bits per heavy atom. The molecule has 1 N–H and O–H groups in total. The summed E-state index contributed by atoms with van der Waals surface area (Å²) in [6.45, 7) is 8.64. The summed E-state index contributed by atoms with van der Waals surface area (Å²) in [6, 6.07) is 4.64. The maximum absolute atomic E-state index is 11.9. The molecule has 1 saturated heterocycles. The molecule has 7 rings (SSSR count). The van der Waals surface area contributed by atoms with Gasteiger partial charge in [-0.15, -0.1) is 0 Å². The first-order valence-electron chi connectivity index (χ1n) is 12.7. The molecule has 0 radical (unpaired) electrons. The molecule has 5 heteroatoms. The predicted octanol–water partition coefficient (Wildman–Crippen LogP) is 4.48. The second kappa shape index (κ2) is 6.26. The van der Waals surface area contributed by atoms with Gasteiger partial charge < -0.3 is 14.6 Å². The average molecular weight is 451 g/mol. The Hall–Kier alpha value is -1.77. The first-order chi connectivity index (χ1) is 15.6. The number of aliphatic hydroxyl groups is 1. The highest BCUT2D eigenvalue weighted by Gasteiger charge is 2.88. The van der Waals surface area contributed by atoms with E-state index in [0.29, 0.717) is 5.92 Å². The monoisotopic (exact) mass is 450 g/mol. The lowest BCUT2D eigenvalue weighted by atomic mass is 9.39. The molecule has 0 aromatic heterocycles. The van der Waals surface area contributed by atoms with Crippen molar-refractivity contribution >= 4 is 0 Å². The van der Waals surface area contributed by atoms with Crippen molar-refractivity contribution in [3.05, 3.63) is 28.8 Å². The lowest BCUT2D eigenvalue weighted by molar-refractivity contribution is -0.241. The van der Waals surface area contributed by atoms with Crippen LogP contribution in [-0.2, 0) is 16.6 Å². The summed E-state index contributed by atoms with van der Waals surface area (Å²) in [7, 11) is 3.63. The van der Waals surface area contributed by atoms with Gasteiger partial charge in [0, 0.05) is 23.9 Å². The zero-order valence-electron chi connectivity index (χ0n) is 21.0. The van der Waals surface area contributed by atoms with E-state index in [4.69, 9.17) is 9.47 Å². The third kappa shape index (κ3) is 2.26. The molecule has 1 aromatic carbocycles. The number of hydrogen-bond acceptors (Lipinski definition) is 5. The van der Waals surface area contributed by atoms with Crippen LogP contribution in [0.2, 0.25) is 0 Å². The highest BCUT2D eigenvalue weighted by Crippen LogP contribution is 2.83. The van der Waals surface area contributed by atoms with E-state index in [-0.39, 0.29) is 33.9 Å². The lowest BCUT2D eigenvalue weighted by Crippen LogP contribution is -2.70. The van der Waals surface area contributed by atoms with E-state index in [9.17, 15) is 10.4 Å². The van der Waals surface area contributed by atoms with Crippen LogP contribution in [0.4, 0.5) is 0 Å². The zero-order valence-corrected chi connectivity index (χ0v) is 21.0. The van der Waals surface area contributed by atoms with Gasteiger partial charge in [0.25, 0.3) is 0 Å². The second-order valence-corrected chi connectivity index (χ2v) is 12.7. The predicted molar refractivity (Wildman–Crippen MR) is 126 cm³/mol. The number of fused-ring (bicyclic) bond motifs is 3. The number of piperidine rings is 1. The number of rotatable bonds is 5. The summed E-state index contributed by atoms with van der Waals surface area (Å²) in [6.07, 6.45) is 9.24. The van der Waals surface area contributed by atoms with Crippen molar-refractivity contribution in [2.45, 2.75) is 101 Å². The SMILES string of the molecule is COc1ccc2c(c1C)[C@@]13CC4(OC)CCC1(CC4C(C)(O)CC(C)C)C1N(C#N)[C@]1(C2)C3. The Kier molecular flexibility index (Phi) is 4.12. The highest BCUT2D eigenvalue weighted by molar-refractivity contribution is 5.60. The van der Waals surface area contributed by atoms with E-state index in [1.165, 1.54) is 16.7 Å². The van der Waals surface area contributed by atoms with Crippen LogP contribution in [0.5, 0.6) is 5.75 Å². The number of nitrogens with zero attached hydrogens (tertiary/aromatic N) is 2. The van der Waals surface area contributed by atoms with Gasteiger partial charge in [-0.1, -0.05) is 19.9 Å². The van der Waals surface area contributed by atoms with Crippen LogP contribution < -0.4 is 4.74 Å². The molecule has 1 heterocycles. The van der Waals surface area contributed by atoms with Crippen molar-refractivity contribution in [3.63, 3.8) is 0 Å². The molecule has 0 amide bonds. The summed E-state index contributed by atoms with van der Waals surface area (Å²) >= 11 is 0. The summed E-state index contributed by atoms with van der Waals surface area (Å²) in [5.74, 6) is 1.45. The van der Waals surface area contributed by atoms with E-state index in [2.05, 4.69) is 44.0 Å². The van der Waals surface area contributed by atoms with Gasteiger partial charge >= 0.3 is 0 Å². The van der Waals surface area contributed by atoms with Crippen LogP contribution in [0.3, 0.4) is 0 Å². The zero-order chi connectivity index (χ0) is 23.6. The molecule has 5 nitrogen and oxygen atoms in total. The van der Waals surface area contributed by atoms with Crippen LogP contribution >= 0.6 is 0 Å². The Bertz CT molecular complexity index is 1080. The molecule has 5 fully saturated rings. The van der Waals surface area contributed by atoms with Crippen molar-refractivity contribution in [2.75, 3.05) is 14.2 Å². The summed E-state index contributed by atoms with van der Waals surface area (Å²) in [4.78, 5) is 2.13. The molecule has 4 saturated carbocycles. The first-order valence-corrected chi connectivity index (χ1v) is 12.7. The number of methoxy groups -OCH3 is 2. The molecular weight excluding hydrogens is 412 g/mol. The minimum atomic E-state index is -0.790. The maximum atomic E-state index is 11.9. The lowest BCUT2D eigenvalue weighted by Gasteiger charge is -2.68. The molecule has 6 aliphatic rings. The summed E-state index contributed by atoms with van der Waals surface area (Å²) in [5, 5.41) is 22.0. The molecule has 7 atom stereocenters. The van der Waals surface area contributed by atoms with Crippen LogP contribution in [0.15, 0.2) is 12.1 Å². The number of likely N-dealkylation sites (tertiary alicyclic amines) is 1. The molecule has 5 unspecified atom stereocenters. The van der Waals surface area contributed by atoms with Crippen LogP contribution in [0.1, 0.15) is 76.0 Å². The topological polar surface area (TPSA) is 65.5 Å². The number of nitriles is 1. The van der Waals surface area contributed by atoms with Gasteiger partial charge in [-0.25, -0.2) is 0 Å². The normalized spacial score (nSPS) is 43.4. The largest absolute Gasteiger partial charge is 0.496 e. The smallest absolute Gasteiger partial charge is 0.180 e. The fourth-order valence-electron chi connectivity index (χ4n) is 10.2. The van der Waals surface area contributed by atoms with Crippen molar-refractivity contribution < 1.29 is 14.6 Å². The Morgan fingerprint density at radius 1 is 1.27 bits per heavy atom. The molecule has 4 bridgehead atoms. The number of ether oxygens (including phenoxy) is 2. The molecule has 3 spiro atoms. The van der Waals surface area contributed by atoms with Gasteiger partial charge in [-0.3, -0.25) is 4.90 Å². The van der Waals surface area contributed by atoms with Crippen LogP contribution in [-0.4, -0.2) is 47.0 Å². The highest BCUT2D eigenvalue weighted by atomic mass is 16.5. The second-order valence-electron chi connectivity index (χ2n) is 12.7. The van der Waals surface area contributed by atoms with Crippen molar-refractivity contribution in [2.24, 2.45) is 17.3 Å². The van der Waals surface area contributed by atoms with E-state index in [1.807, 2.05) is 14.0 Å². The fourth-order valence-corrected chi connectivity index (χ4v) is 10.2. The summed E-state index contributed by atoms with van der Waals surface area (Å²) in [5.41, 5.74) is 2.93. The minimum absolute atomic E-state index is 0.00296. The molecule has 33 heavy (non-hydrogen) atoms. The summed E-state index contributed by atoms with van der Waals surface area (Å²) < 4.78 is 12.3. The Morgan fingerprint density at radius 2 is 2.03 bits per heavy atom. The standard InChI is InChI=1S/C28H38N2O3/c1-17(2)11-24(4,31)21-13-25-9-10-28(21,33-6)15-26(25)14-27(23(25)30(27)16-29)12-19-7-8-20(32-5)18(3)22(19)26/h7-8,17,21,23,31H,9-15H2,1-6H3/t21?,23?,24?,25?,26-,27-,28?,30?/m1/s1. The first kappa shape index (κ1) is 21.7. The molecular formula is C28H38N2O3.